The van der Waals surface area contributed by atoms with E-state index >= 15 is 0 Å². The number of hydrogen-bond donors (Lipinski definition) is 2. The molecule has 3 aromatic rings. The molecule has 1 aromatic heterocycles. The number of aromatic nitrogens is 2. The van der Waals surface area contributed by atoms with E-state index in [2.05, 4.69) is 27.0 Å². The van der Waals surface area contributed by atoms with Crippen molar-refractivity contribution in [2.45, 2.75) is 19.6 Å². The van der Waals surface area contributed by atoms with Gasteiger partial charge in [0, 0.05) is 23.9 Å². The number of allylic oxidation sites excluding steroid dienone is 2. The molecule has 0 aliphatic heterocycles. The van der Waals surface area contributed by atoms with Gasteiger partial charge in [-0.2, -0.15) is 4.98 Å². The Hall–Kier alpha value is -3.58. The molecule has 0 saturated carbocycles. The van der Waals surface area contributed by atoms with Crippen LogP contribution in [-0.2, 0) is 0 Å². The largest absolute Gasteiger partial charge is 0.368 e. The Morgan fingerprint density at radius 2 is 2.10 bits per heavy atom. The average molecular weight is 392 g/mol. The van der Waals surface area contributed by atoms with Gasteiger partial charge in [-0.1, -0.05) is 35.5 Å². The van der Waals surface area contributed by atoms with E-state index in [0.717, 1.165) is 5.56 Å². The summed E-state index contributed by atoms with van der Waals surface area (Å²) in [5.41, 5.74) is 1.81. The zero-order chi connectivity index (χ0) is 20.6. The molecule has 0 aliphatic carbocycles. The highest BCUT2D eigenvalue weighted by molar-refractivity contribution is 5.91. The van der Waals surface area contributed by atoms with Crippen LogP contribution in [0.5, 0.6) is 0 Å². The number of aliphatic hydroxyl groups is 1. The maximum atomic E-state index is 14.6. The zero-order valence-corrected chi connectivity index (χ0v) is 15.9. The number of halogens is 1. The molecule has 0 amide bonds. The molecule has 148 valence electrons. The van der Waals surface area contributed by atoms with Crippen molar-refractivity contribution in [3.8, 4) is 22.8 Å². The van der Waals surface area contributed by atoms with Crippen molar-refractivity contribution in [2.24, 2.45) is 4.99 Å². The van der Waals surface area contributed by atoms with E-state index in [0.29, 0.717) is 23.7 Å². The fourth-order valence-electron chi connectivity index (χ4n) is 2.61. The summed E-state index contributed by atoms with van der Waals surface area (Å²) in [5, 5.41) is 17.0. The Morgan fingerprint density at radius 3 is 2.79 bits per heavy atom. The van der Waals surface area contributed by atoms with Gasteiger partial charge in [-0.25, -0.2) is 4.39 Å². The Labute approximate surface area is 168 Å². The normalized spacial score (nSPS) is 12.9. The predicted molar refractivity (Wildman–Crippen MR) is 112 cm³/mol. The van der Waals surface area contributed by atoms with Gasteiger partial charge in [0.05, 0.1) is 11.3 Å². The molecule has 2 aromatic carbocycles. The van der Waals surface area contributed by atoms with Crippen LogP contribution in [0.1, 0.15) is 13.3 Å². The van der Waals surface area contributed by atoms with Crippen molar-refractivity contribution in [3.05, 3.63) is 79.3 Å². The molecule has 0 spiro atoms. The second kappa shape index (κ2) is 9.57. The SMILES string of the molecule is C=CC/C(=N\C=C/C)C(O)Nc1ccc(-c2noc(-c3ccccc3)n2)c(F)c1. The van der Waals surface area contributed by atoms with Crippen molar-refractivity contribution in [1.29, 1.82) is 0 Å². The predicted octanol–water partition coefficient (Wildman–Crippen LogP) is 4.82. The van der Waals surface area contributed by atoms with E-state index in [9.17, 15) is 9.50 Å². The topological polar surface area (TPSA) is 83.5 Å². The van der Waals surface area contributed by atoms with Crippen molar-refractivity contribution in [1.82, 2.24) is 10.1 Å². The molecule has 7 heteroatoms. The van der Waals surface area contributed by atoms with Crippen molar-refractivity contribution in [3.63, 3.8) is 0 Å². The molecule has 0 saturated heterocycles. The fraction of sp³-hybridized carbons (Fsp3) is 0.136. The Bertz CT molecular complexity index is 1030. The highest BCUT2D eigenvalue weighted by Gasteiger charge is 2.16. The smallest absolute Gasteiger partial charge is 0.258 e. The van der Waals surface area contributed by atoms with Crippen molar-refractivity contribution < 1.29 is 14.0 Å². The first-order chi connectivity index (χ1) is 14.1. The number of nitrogens with zero attached hydrogens (tertiary/aromatic N) is 3. The molecule has 0 aliphatic rings. The van der Waals surface area contributed by atoms with Gasteiger partial charge in [-0.15, -0.1) is 6.58 Å². The summed E-state index contributed by atoms with van der Waals surface area (Å²) in [6.07, 6.45) is 4.28. The molecule has 0 bridgehead atoms. The lowest BCUT2D eigenvalue weighted by Gasteiger charge is -2.16. The average Bonchev–Trinajstić information content (AvgIpc) is 3.21. The summed E-state index contributed by atoms with van der Waals surface area (Å²) in [6, 6.07) is 13.7. The number of anilines is 1. The number of aliphatic imine (C=N–C) groups is 1. The summed E-state index contributed by atoms with van der Waals surface area (Å²) in [5.74, 6) is -0.0828. The molecular weight excluding hydrogens is 371 g/mol. The highest BCUT2D eigenvalue weighted by Crippen LogP contribution is 2.26. The van der Waals surface area contributed by atoms with Crippen LogP contribution < -0.4 is 5.32 Å². The molecule has 0 fully saturated rings. The molecule has 1 unspecified atom stereocenters. The minimum absolute atomic E-state index is 0.149. The van der Waals surface area contributed by atoms with Gasteiger partial charge >= 0.3 is 0 Å². The Balaban J connectivity index is 1.78. The van der Waals surface area contributed by atoms with Gasteiger partial charge in [-0.3, -0.25) is 4.99 Å². The minimum Gasteiger partial charge on any atom is -0.368 e. The van der Waals surface area contributed by atoms with E-state index in [4.69, 9.17) is 4.52 Å². The number of nitrogens with one attached hydrogen (secondary N) is 1. The molecule has 3 rings (SSSR count). The van der Waals surface area contributed by atoms with Crippen LogP contribution in [0.3, 0.4) is 0 Å². The van der Waals surface area contributed by atoms with Gasteiger partial charge in [0.25, 0.3) is 5.89 Å². The number of hydrogen-bond acceptors (Lipinski definition) is 6. The summed E-state index contributed by atoms with van der Waals surface area (Å²) >= 11 is 0. The van der Waals surface area contributed by atoms with Gasteiger partial charge in [0.2, 0.25) is 5.82 Å². The van der Waals surface area contributed by atoms with Crippen molar-refractivity contribution in [2.75, 3.05) is 5.32 Å². The van der Waals surface area contributed by atoms with E-state index in [1.54, 1.807) is 24.4 Å². The number of benzene rings is 2. The lowest BCUT2D eigenvalue weighted by Crippen LogP contribution is -2.28. The van der Waals surface area contributed by atoms with Crippen LogP contribution >= 0.6 is 0 Å². The lowest BCUT2D eigenvalue weighted by molar-refractivity contribution is 0.268. The van der Waals surface area contributed by atoms with Gasteiger partial charge in [0.15, 0.2) is 6.23 Å². The van der Waals surface area contributed by atoms with Gasteiger partial charge in [-0.05, 0) is 37.3 Å². The zero-order valence-electron chi connectivity index (χ0n) is 15.9. The van der Waals surface area contributed by atoms with Crippen LogP contribution in [-0.4, -0.2) is 27.2 Å². The number of aliphatic hydroxyl groups excluding tert-OH is 1. The maximum Gasteiger partial charge on any atom is 0.258 e. The first-order valence-corrected chi connectivity index (χ1v) is 9.04. The van der Waals surface area contributed by atoms with E-state index < -0.39 is 12.0 Å². The maximum absolute atomic E-state index is 14.6. The van der Waals surface area contributed by atoms with Crippen LogP contribution in [0.4, 0.5) is 10.1 Å². The second-order valence-corrected chi connectivity index (χ2v) is 6.13. The monoisotopic (exact) mass is 392 g/mol. The molecule has 6 nitrogen and oxygen atoms in total. The third-order valence-electron chi connectivity index (χ3n) is 4.02. The van der Waals surface area contributed by atoms with Crippen LogP contribution in [0, 0.1) is 5.82 Å². The Morgan fingerprint density at radius 1 is 1.31 bits per heavy atom. The van der Waals surface area contributed by atoms with Crippen LogP contribution in [0.15, 0.2) is 83.0 Å². The van der Waals surface area contributed by atoms with E-state index in [1.807, 2.05) is 37.3 Å². The first-order valence-electron chi connectivity index (χ1n) is 9.04. The summed E-state index contributed by atoms with van der Waals surface area (Å²) < 4.78 is 19.9. The first kappa shape index (κ1) is 20.2. The van der Waals surface area contributed by atoms with Gasteiger partial charge in [0.1, 0.15) is 5.82 Å². The Kier molecular flexibility index (Phi) is 6.65. The molecule has 1 atom stereocenters. The summed E-state index contributed by atoms with van der Waals surface area (Å²) in [7, 11) is 0. The van der Waals surface area contributed by atoms with E-state index in [1.165, 1.54) is 12.1 Å². The number of rotatable bonds is 8. The third-order valence-corrected chi connectivity index (χ3v) is 4.02. The molecular formula is C22H21FN4O2. The second-order valence-electron chi connectivity index (χ2n) is 6.13. The molecule has 29 heavy (non-hydrogen) atoms. The summed E-state index contributed by atoms with van der Waals surface area (Å²) in [6.45, 7) is 5.48. The quantitative estimate of drug-likeness (QED) is 0.326. The van der Waals surface area contributed by atoms with Gasteiger partial charge < -0.3 is 14.9 Å². The third kappa shape index (κ3) is 5.03. The van der Waals surface area contributed by atoms with E-state index in [-0.39, 0.29) is 11.4 Å². The molecule has 2 N–H and O–H groups in total. The van der Waals surface area contributed by atoms with Crippen LogP contribution in [0.25, 0.3) is 22.8 Å². The highest BCUT2D eigenvalue weighted by atomic mass is 19.1. The fourth-order valence-corrected chi connectivity index (χ4v) is 2.61. The minimum atomic E-state index is -1.08. The molecule has 0 radical (unpaired) electrons. The molecule has 1 heterocycles. The van der Waals surface area contributed by atoms with Crippen LogP contribution in [0.2, 0.25) is 0 Å². The van der Waals surface area contributed by atoms with Crippen molar-refractivity contribution >= 4 is 11.4 Å². The summed E-state index contributed by atoms with van der Waals surface area (Å²) in [4.78, 5) is 8.44. The lowest BCUT2D eigenvalue weighted by atomic mass is 10.1. The standard InChI is InChI=1S/C22H21FN4O2/c1-3-8-19(24-13-4-2)21(28)25-16-11-12-17(18(23)14-16)20-26-22(29-27-20)15-9-6-5-7-10-15/h3-7,9-14,21,25,28H,1,8H2,2H3/b13-4-,24-19+.